The molecule has 5 atom stereocenters. The van der Waals surface area contributed by atoms with E-state index in [9.17, 15) is 10.2 Å². The van der Waals surface area contributed by atoms with Crippen molar-refractivity contribution in [2.24, 2.45) is 0 Å². The summed E-state index contributed by atoms with van der Waals surface area (Å²) in [6.45, 7) is 1.68. The average molecular weight is 369 g/mol. The second kappa shape index (κ2) is 8.50. The Morgan fingerprint density at radius 2 is 1.41 bits per heavy atom. The van der Waals surface area contributed by atoms with E-state index in [0.717, 1.165) is 17.7 Å². The molecule has 0 spiro atoms. The van der Waals surface area contributed by atoms with Crippen LogP contribution in [0, 0.1) is 0 Å². The molecule has 2 aliphatic rings. The molecule has 0 unspecified atom stereocenters. The van der Waals surface area contributed by atoms with Crippen LogP contribution >= 0.6 is 0 Å². The molecular weight excluding hydrogens is 342 g/mol. The fourth-order valence-electron chi connectivity index (χ4n) is 4.36. The summed E-state index contributed by atoms with van der Waals surface area (Å²) in [5, 5.41) is 20.5. The molecular formula is C22H27NO4. The molecule has 2 fully saturated rings. The van der Waals surface area contributed by atoms with E-state index in [1.165, 1.54) is 0 Å². The van der Waals surface area contributed by atoms with Crippen LogP contribution in [0.2, 0.25) is 0 Å². The lowest BCUT2D eigenvalue weighted by molar-refractivity contribution is -0.0919. The van der Waals surface area contributed by atoms with Crippen LogP contribution < -0.4 is 0 Å². The van der Waals surface area contributed by atoms with Gasteiger partial charge in [0.25, 0.3) is 0 Å². The third-order valence-electron chi connectivity index (χ3n) is 5.68. The lowest BCUT2D eigenvalue weighted by atomic mass is 10.0. The molecule has 0 aliphatic carbocycles. The Kier molecular flexibility index (Phi) is 5.86. The average Bonchev–Trinajstić information content (AvgIpc) is 3.23. The third kappa shape index (κ3) is 3.93. The van der Waals surface area contributed by atoms with E-state index in [1.54, 1.807) is 0 Å². The van der Waals surface area contributed by atoms with Crippen LogP contribution in [0.1, 0.15) is 17.5 Å². The molecule has 144 valence electrons. The van der Waals surface area contributed by atoms with Crippen molar-refractivity contribution in [3.05, 3.63) is 71.8 Å². The van der Waals surface area contributed by atoms with Crippen LogP contribution in [0.25, 0.3) is 0 Å². The highest BCUT2D eigenvalue weighted by atomic mass is 16.5. The van der Waals surface area contributed by atoms with Crippen LogP contribution in [0.3, 0.4) is 0 Å². The molecule has 27 heavy (non-hydrogen) atoms. The first kappa shape index (κ1) is 18.6. The van der Waals surface area contributed by atoms with Crippen molar-refractivity contribution in [2.45, 2.75) is 50.0 Å². The zero-order valence-corrected chi connectivity index (χ0v) is 15.4. The van der Waals surface area contributed by atoms with Gasteiger partial charge in [-0.1, -0.05) is 60.7 Å². The number of benzene rings is 2. The summed E-state index contributed by atoms with van der Waals surface area (Å²) in [5.74, 6) is 0. The largest absolute Gasteiger partial charge is 0.395 e. The SMILES string of the molecule is OC[C@@H]1[C@@H](OCc2ccccc2)[C@H](OCc2ccccc2)[C@@H]2[C@@H](O)CCN21. The summed E-state index contributed by atoms with van der Waals surface area (Å²) in [7, 11) is 0. The Morgan fingerprint density at radius 1 is 0.852 bits per heavy atom. The van der Waals surface area contributed by atoms with E-state index in [-0.39, 0.29) is 30.9 Å². The van der Waals surface area contributed by atoms with Gasteiger partial charge in [-0.15, -0.1) is 0 Å². The maximum absolute atomic E-state index is 10.5. The van der Waals surface area contributed by atoms with E-state index >= 15 is 0 Å². The summed E-state index contributed by atoms with van der Waals surface area (Å²) in [4.78, 5) is 2.16. The quantitative estimate of drug-likeness (QED) is 0.781. The van der Waals surface area contributed by atoms with Crippen molar-refractivity contribution < 1.29 is 19.7 Å². The Balaban J connectivity index is 1.51. The minimum Gasteiger partial charge on any atom is -0.395 e. The molecule has 0 aromatic heterocycles. The predicted molar refractivity (Wildman–Crippen MR) is 102 cm³/mol. The highest BCUT2D eigenvalue weighted by Crippen LogP contribution is 2.37. The topological polar surface area (TPSA) is 62.2 Å². The van der Waals surface area contributed by atoms with Gasteiger partial charge in [0.1, 0.15) is 12.2 Å². The fraction of sp³-hybridized carbons (Fsp3) is 0.455. The number of aliphatic hydroxyl groups is 2. The van der Waals surface area contributed by atoms with Gasteiger partial charge < -0.3 is 19.7 Å². The first-order chi connectivity index (χ1) is 13.3. The number of hydrogen-bond acceptors (Lipinski definition) is 5. The van der Waals surface area contributed by atoms with Crippen molar-refractivity contribution in [2.75, 3.05) is 13.2 Å². The van der Waals surface area contributed by atoms with Crippen molar-refractivity contribution in [1.29, 1.82) is 0 Å². The predicted octanol–water partition coefficient (Wildman–Crippen LogP) is 1.97. The van der Waals surface area contributed by atoms with Gasteiger partial charge in [0.2, 0.25) is 0 Å². The summed E-state index contributed by atoms with van der Waals surface area (Å²) < 4.78 is 12.5. The van der Waals surface area contributed by atoms with E-state index in [1.807, 2.05) is 60.7 Å². The summed E-state index contributed by atoms with van der Waals surface area (Å²) in [6, 6.07) is 19.7. The molecule has 0 amide bonds. The summed E-state index contributed by atoms with van der Waals surface area (Å²) in [6.07, 6.45) is -0.301. The maximum atomic E-state index is 10.5. The Labute approximate surface area is 160 Å². The Morgan fingerprint density at radius 3 is 1.96 bits per heavy atom. The molecule has 2 aromatic carbocycles. The maximum Gasteiger partial charge on any atom is 0.104 e. The molecule has 0 radical (unpaired) electrons. The van der Waals surface area contributed by atoms with E-state index < -0.39 is 6.10 Å². The van der Waals surface area contributed by atoms with Crippen molar-refractivity contribution >= 4 is 0 Å². The molecule has 4 rings (SSSR count). The number of fused-ring (bicyclic) bond motifs is 1. The zero-order valence-electron chi connectivity index (χ0n) is 15.4. The number of aliphatic hydroxyl groups excluding tert-OH is 2. The monoisotopic (exact) mass is 369 g/mol. The molecule has 2 saturated heterocycles. The van der Waals surface area contributed by atoms with E-state index in [4.69, 9.17) is 9.47 Å². The third-order valence-corrected chi connectivity index (χ3v) is 5.68. The first-order valence-electron chi connectivity index (χ1n) is 9.63. The van der Waals surface area contributed by atoms with Crippen LogP contribution in [0.5, 0.6) is 0 Å². The minimum atomic E-state index is -0.454. The van der Waals surface area contributed by atoms with Gasteiger partial charge in [-0.2, -0.15) is 0 Å². The Hall–Kier alpha value is -1.76. The van der Waals surface area contributed by atoms with Crippen molar-refractivity contribution in [3.8, 4) is 0 Å². The fourth-order valence-corrected chi connectivity index (χ4v) is 4.36. The summed E-state index contributed by atoms with van der Waals surface area (Å²) >= 11 is 0. The van der Waals surface area contributed by atoms with E-state index in [2.05, 4.69) is 4.90 Å². The van der Waals surface area contributed by atoms with Gasteiger partial charge in [-0.25, -0.2) is 0 Å². The van der Waals surface area contributed by atoms with Gasteiger partial charge in [0.05, 0.1) is 38.0 Å². The van der Waals surface area contributed by atoms with Gasteiger partial charge in [-0.05, 0) is 17.5 Å². The highest BCUT2D eigenvalue weighted by Gasteiger charge is 2.55. The van der Waals surface area contributed by atoms with Crippen LogP contribution in [0.4, 0.5) is 0 Å². The molecule has 2 N–H and O–H groups in total. The molecule has 2 aromatic rings. The molecule has 0 bridgehead atoms. The lowest BCUT2D eigenvalue weighted by Crippen LogP contribution is -2.41. The van der Waals surface area contributed by atoms with Gasteiger partial charge >= 0.3 is 0 Å². The number of ether oxygens (including phenoxy) is 2. The van der Waals surface area contributed by atoms with Gasteiger partial charge in [0.15, 0.2) is 0 Å². The second-order valence-electron chi connectivity index (χ2n) is 7.36. The standard InChI is InChI=1S/C22H27NO4/c24-13-18-21(26-14-16-7-3-1-4-8-16)22(20-19(25)11-12-23(18)20)27-15-17-9-5-2-6-10-17/h1-10,18-22,24-25H,11-15H2/t18-,19+,20+,21-,22-/m1/s1. The second-order valence-corrected chi connectivity index (χ2v) is 7.36. The minimum absolute atomic E-state index is 0.00608. The van der Waals surface area contributed by atoms with Crippen LogP contribution in [-0.4, -0.2) is 58.7 Å². The first-order valence-corrected chi connectivity index (χ1v) is 9.63. The number of nitrogens with zero attached hydrogens (tertiary/aromatic N) is 1. The normalized spacial score (nSPS) is 30.5. The van der Waals surface area contributed by atoms with Gasteiger partial charge in [-0.3, -0.25) is 4.90 Å². The molecule has 5 nitrogen and oxygen atoms in total. The van der Waals surface area contributed by atoms with Crippen LogP contribution in [0.15, 0.2) is 60.7 Å². The number of rotatable bonds is 7. The highest BCUT2D eigenvalue weighted by molar-refractivity contribution is 5.16. The van der Waals surface area contributed by atoms with E-state index in [0.29, 0.717) is 19.6 Å². The molecule has 5 heteroatoms. The summed E-state index contributed by atoms with van der Waals surface area (Å²) in [5.41, 5.74) is 2.18. The van der Waals surface area contributed by atoms with Gasteiger partial charge in [0, 0.05) is 6.54 Å². The molecule has 2 aliphatic heterocycles. The van der Waals surface area contributed by atoms with Crippen LogP contribution in [-0.2, 0) is 22.7 Å². The smallest absolute Gasteiger partial charge is 0.104 e. The lowest BCUT2D eigenvalue weighted by Gasteiger charge is -2.27. The Bertz CT molecular complexity index is 711. The number of hydrogen-bond donors (Lipinski definition) is 2. The van der Waals surface area contributed by atoms with Crippen molar-refractivity contribution in [3.63, 3.8) is 0 Å². The van der Waals surface area contributed by atoms with Crippen molar-refractivity contribution in [1.82, 2.24) is 4.90 Å². The molecule has 2 heterocycles. The molecule has 0 saturated carbocycles. The zero-order chi connectivity index (χ0) is 18.6.